The Morgan fingerprint density at radius 2 is 1.96 bits per heavy atom. The highest BCUT2D eigenvalue weighted by atomic mass is 35.5. The fraction of sp³-hybridized carbons (Fsp3) is 0.350. The van der Waals surface area contributed by atoms with Crippen molar-refractivity contribution in [3.63, 3.8) is 0 Å². The van der Waals surface area contributed by atoms with E-state index in [1.54, 1.807) is 0 Å². The fourth-order valence-electron chi connectivity index (χ4n) is 3.27. The number of nitrogens with zero attached hydrogens (tertiary/aromatic N) is 1. The summed E-state index contributed by atoms with van der Waals surface area (Å²) in [4.78, 5) is 4.64. The molecular formula is C20H24ClN3O. The molecule has 132 valence electrons. The third kappa shape index (κ3) is 4.53. The van der Waals surface area contributed by atoms with Gasteiger partial charge in [-0.1, -0.05) is 35.9 Å². The molecule has 0 spiro atoms. The molecule has 3 rings (SSSR count). The van der Waals surface area contributed by atoms with E-state index in [0.29, 0.717) is 12.5 Å². The average Bonchev–Trinajstić information content (AvgIpc) is 2.61. The van der Waals surface area contributed by atoms with Crippen LogP contribution in [0.25, 0.3) is 0 Å². The Balaban J connectivity index is 1.78. The van der Waals surface area contributed by atoms with Gasteiger partial charge in [0.1, 0.15) is 0 Å². The van der Waals surface area contributed by atoms with Crippen LogP contribution in [0.3, 0.4) is 0 Å². The maximum atomic E-state index is 6.21. The zero-order valence-corrected chi connectivity index (χ0v) is 15.2. The summed E-state index contributed by atoms with van der Waals surface area (Å²) in [5.41, 5.74) is 9.37. The summed E-state index contributed by atoms with van der Waals surface area (Å²) < 4.78 is 5.56. The molecule has 0 bridgehead atoms. The highest BCUT2D eigenvalue weighted by Crippen LogP contribution is 2.36. The van der Waals surface area contributed by atoms with Crippen LogP contribution in [0.4, 0.5) is 5.69 Å². The molecule has 2 aromatic rings. The lowest BCUT2D eigenvalue weighted by Gasteiger charge is -2.36. The maximum absolute atomic E-state index is 6.21. The van der Waals surface area contributed by atoms with E-state index in [2.05, 4.69) is 29.4 Å². The Hall–Kier alpha value is -2.04. The lowest BCUT2D eigenvalue weighted by molar-refractivity contribution is 0.0531. The average molecular weight is 358 g/mol. The number of nitrogens with one attached hydrogen (secondary N) is 1. The van der Waals surface area contributed by atoms with Crippen LogP contribution >= 0.6 is 11.6 Å². The summed E-state index contributed by atoms with van der Waals surface area (Å²) in [7, 11) is 0. The van der Waals surface area contributed by atoms with Crippen LogP contribution in [-0.4, -0.2) is 25.7 Å². The molecule has 1 aliphatic rings. The molecule has 25 heavy (non-hydrogen) atoms. The van der Waals surface area contributed by atoms with E-state index in [9.17, 15) is 0 Å². The van der Waals surface area contributed by atoms with Crippen molar-refractivity contribution in [2.75, 3.05) is 25.1 Å². The second-order valence-electron chi connectivity index (χ2n) is 6.60. The van der Waals surface area contributed by atoms with Gasteiger partial charge in [0.25, 0.3) is 0 Å². The van der Waals surface area contributed by atoms with Crippen LogP contribution in [-0.2, 0) is 10.2 Å². The first-order valence-electron chi connectivity index (χ1n) is 8.55. The minimum absolute atomic E-state index is 0.0813. The normalized spacial score (nSPS) is 17.3. The predicted octanol–water partition coefficient (Wildman–Crippen LogP) is 4.12. The molecule has 0 aromatic heterocycles. The van der Waals surface area contributed by atoms with Crippen LogP contribution in [0.15, 0.2) is 53.5 Å². The van der Waals surface area contributed by atoms with Gasteiger partial charge in [-0.2, -0.15) is 0 Å². The Kier molecular flexibility index (Phi) is 5.61. The second-order valence-corrected chi connectivity index (χ2v) is 7.04. The van der Waals surface area contributed by atoms with E-state index >= 15 is 0 Å². The first-order chi connectivity index (χ1) is 12.1. The molecule has 0 amide bonds. The Morgan fingerprint density at radius 3 is 2.68 bits per heavy atom. The molecular weight excluding hydrogens is 334 g/mol. The highest BCUT2D eigenvalue weighted by molar-refractivity contribution is 6.30. The van der Waals surface area contributed by atoms with Crippen molar-refractivity contribution in [1.29, 1.82) is 0 Å². The molecule has 3 N–H and O–H groups in total. The molecule has 0 aliphatic carbocycles. The van der Waals surface area contributed by atoms with Gasteiger partial charge in [-0.15, -0.1) is 0 Å². The van der Waals surface area contributed by atoms with E-state index in [1.165, 1.54) is 11.1 Å². The number of ether oxygens (including phenoxy) is 1. The Labute approximate surface area is 154 Å². The summed E-state index contributed by atoms with van der Waals surface area (Å²) in [6.45, 7) is 4.12. The van der Waals surface area contributed by atoms with Crippen LogP contribution < -0.4 is 11.1 Å². The van der Waals surface area contributed by atoms with Crippen molar-refractivity contribution in [3.8, 4) is 0 Å². The Bertz CT molecular complexity index is 754. The zero-order chi connectivity index (χ0) is 17.7. The number of anilines is 1. The van der Waals surface area contributed by atoms with Gasteiger partial charge in [0.05, 0.1) is 6.54 Å². The van der Waals surface area contributed by atoms with Crippen molar-refractivity contribution in [2.24, 2.45) is 10.7 Å². The van der Waals surface area contributed by atoms with Crippen molar-refractivity contribution in [2.45, 2.75) is 25.2 Å². The number of aryl methyl sites for hydroxylation is 1. The van der Waals surface area contributed by atoms with Crippen molar-refractivity contribution in [3.05, 3.63) is 64.7 Å². The van der Waals surface area contributed by atoms with Gasteiger partial charge in [-0.05, 0) is 55.2 Å². The summed E-state index contributed by atoms with van der Waals surface area (Å²) in [6.07, 6.45) is 1.82. The van der Waals surface area contributed by atoms with E-state index in [-0.39, 0.29) is 5.41 Å². The predicted molar refractivity (Wildman–Crippen MR) is 104 cm³/mol. The third-order valence-electron chi connectivity index (χ3n) is 4.73. The van der Waals surface area contributed by atoms with Gasteiger partial charge >= 0.3 is 0 Å². The van der Waals surface area contributed by atoms with Crippen molar-refractivity contribution < 1.29 is 4.74 Å². The van der Waals surface area contributed by atoms with Crippen molar-refractivity contribution in [1.82, 2.24) is 0 Å². The monoisotopic (exact) mass is 357 g/mol. The summed E-state index contributed by atoms with van der Waals surface area (Å²) in [5, 5.41) is 3.92. The van der Waals surface area contributed by atoms with Crippen LogP contribution in [0, 0.1) is 6.92 Å². The number of hydrogen-bond acceptors (Lipinski definition) is 2. The standard InChI is InChI=1S/C20H24ClN3O/c1-15-4-2-7-18(12-15)24-19(22)23-14-20(8-10-25-11-9-20)16-5-3-6-17(21)13-16/h2-7,12-13H,8-11,14H2,1H3,(H3,22,23,24). The number of aliphatic imine (C=N–C) groups is 1. The molecule has 5 heteroatoms. The zero-order valence-electron chi connectivity index (χ0n) is 14.5. The molecule has 1 fully saturated rings. The molecule has 0 unspecified atom stereocenters. The number of hydrogen-bond donors (Lipinski definition) is 2. The van der Waals surface area contributed by atoms with Gasteiger partial charge in [0.2, 0.25) is 0 Å². The largest absolute Gasteiger partial charge is 0.381 e. The van der Waals surface area contributed by atoms with Crippen LogP contribution in [0.5, 0.6) is 0 Å². The van der Waals surface area contributed by atoms with Gasteiger partial charge < -0.3 is 15.8 Å². The highest BCUT2D eigenvalue weighted by Gasteiger charge is 2.34. The summed E-state index contributed by atoms with van der Waals surface area (Å²) >= 11 is 6.21. The van der Waals surface area contributed by atoms with E-state index in [4.69, 9.17) is 22.1 Å². The summed E-state index contributed by atoms with van der Waals surface area (Å²) in [6, 6.07) is 16.1. The molecule has 1 saturated heterocycles. The smallest absolute Gasteiger partial charge is 0.193 e. The molecule has 1 aliphatic heterocycles. The van der Waals surface area contributed by atoms with Crippen molar-refractivity contribution >= 4 is 23.2 Å². The van der Waals surface area contributed by atoms with Gasteiger partial charge in [-0.3, -0.25) is 4.99 Å². The minimum Gasteiger partial charge on any atom is -0.381 e. The van der Waals surface area contributed by atoms with Crippen LogP contribution in [0.2, 0.25) is 5.02 Å². The molecule has 0 radical (unpaired) electrons. The molecule has 0 atom stereocenters. The van der Waals surface area contributed by atoms with E-state index < -0.39 is 0 Å². The first kappa shape index (κ1) is 17.8. The molecule has 1 heterocycles. The number of nitrogens with two attached hydrogens (primary N) is 1. The minimum atomic E-state index is -0.0813. The molecule has 0 saturated carbocycles. The lowest BCUT2D eigenvalue weighted by atomic mass is 9.74. The number of halogens is 1. The second kappa shape index (κ2) is 7.89. The SMILES string of the molecule is Cc1cccc(NC(N)=NCC2(c3cccc(Cl)c3)CCOCC2)c1. The molecule has 4 nitrogen and oxygen atoms in total. The first-order valence-corrected chi connectivity index (χ1v) is 8.93. The fourth-order valence-corrected chi connectivity index (χ4v) is 3.46. The topological polar surface area (TPSA) is 59.6 Å². The Morgan fingerprint density at radius 1 is 1.20 bits per heavy atom. The van der Waals surface area contributed by atoms with Gasteiger partial charge in [0.15, 0.2) is 5.96 Å². The van der Waals surface area contributed by atoms with E-state index in [1.807, 2.05) is 36.4 Å². The van der Waals surface area contributed by atoms with Gasteiger partial charge in [-0.25, -0.2) is 0 Å². The lowest BCUT2D eigenvalue weighted by Crippen LogP contribution is -2.38. The molecule has 2 aromatic carbocycles. The number of benzene rings is 2. The third-order valence-corrected chi connectivity index (χ3v) is 4.96. The van der Waals surface area contributed by atoms with E-state index in [0.717, 1.165) is 36.8 Å². The van der Waals surface area contributed by atoms with Gasteiger partial charge in [0, 0.05) is 29.3 Å². The number of rotatable bonds is 4. The van der Waals surface area contributed by atoms with Crippen LogP contribution in [0.1, 0.15) is 24.0 Å². The quantitative estimate of drug-likeness (QED) is 0.639. The number of guanidine groups is 1. The maximum Gasteiger partial charge on any atom is 0.193 e. The summed E-state index contributed by atoms with van der Waals surface area (Å²) in [5.74, 6) is 0.429.